The van der Waals surface area contributed by atoms with Crippen molar-refractivity contribution in [1.29, 1.82) is 0 Å². The van der Waals surface area contributed by atoms with E-state index in [0.29, 0.717) is 18.0 Å². The van der Waals surface area contributed by atoms with Crippen LogP contribution in [0.1, 0.15) is 77.7 Å². The largest absolute Gasteiger partial charge is 0.353 e. The highest BCUT2D eigenvalue weighted by atomic mass is 32.1. The first-order chi connectivity index (χ1) is 18.6. The third-order valence-electron chi connectivity index (χ3n) is 8.32. The van der Waals surface area contributed by atoms with Crippen molar-refractivity contribution in [1.82, 2.24) is 10.3 Å². The third kappa shape index (κ3) is 6.42. The van der Waals surface area contributed by atoms with Crippen molar-refractivity contribution < 1.29 is 9.59 Å². The fourth-order valence-corrected chi connectivity index (χ4v) is 6.25. The molecule has 0 bridgehead atoms. The highest BCUT2D eigenvalue weighted by Crippen LogP contribution is 2.40. The van der Waals surface area contributed by atoms with E-state index in [4.69, 9.17) is 10.7 Å². The summed E-state index contributed by atoms with van der Waals surface area (Å²) in [6.45, 7) is 5.81. The zero-order valence-electron chi connectivity index (χ0n) is 23.3. The van der Waals surface area contributed by atoms with Crippen LogP contribution in [-0.2, 0) is 15.1 Å². The monoisotopic (exact) mass is 544 g/mol. The van der Waals surface area contributed by atoms with Crippen molar-refractivity contribution in [2.24, 2.45) is 17.1 Å². The number of nitrogens with zero attached hydrogens (tertiary/aromatic N) is 1. The summed E-state index contributed by atoms with van der Waals surface area (Å²) in [6.07, 6.45) is 9.23. The maximum atomic E-state index is 13.0. The normalized spacial score (nSPS) is 20.6. The van der Waals surface area contributed by atoms with Crippen LogP contribution in [-0.4, -0.2) is 22.8 Å². The van der Waals surface area contributed by atoms with Crippen LogP contribution in [0, 0.1) is 11.3 Å². The van der Waals surface area contributed by atoms with Crippen LogP contribution in [0.4, 0.5) is 5.69 Å². The van der Waals surface area contributed by atoms with Gasteiger partial charge in [0.05, 0.1) is 17.6 Å². The molecule has 206 valence electrons. The van der Waals surface area contributed by atoms with Crippen LogP contribution in [0.2, 0.25) is 0 Å². The molecule has 0 unspecified atom stereocenters. The number of nitrogens with one attached hydrogen (secondary N) is 2. The van der Waals surface area contributed by atoms with E-state index in [2.05, 4.69) is 51.7 Å². The first-order valence-electron chi connectivity index (χ1n) is 14.1. The number of nitrogens with two attached hydrogens (primary N) is 1. The van der Waals surface area contributed by atoms with Crippen LogP contribution in [0.3, 0.4) is 0 Å². The summed E-state index contributed by atoms with van der Waals surface area (Å²) < 4.78 is 0. The summed E-state index contributed by atoms with van der Waals surface area (Å²) in [7, 11) is 0. The minimum Gasteiger partial charge on any atom is -0.353 e. The Hall–Kier alpha value is -3.03. The third-order valence-corrected chi connectivity index (χ3v) is 9.00. The molecule has 2 aliphatic rings. The molecule has 6 nitrogen and oxygen atoms in total. The number of hydrogen-bond donors (Lipinski definition) is 3. The summed E-state index contributed by atoms with van der Waals surface area (Å²) in [6, 6.07) is 12.8. The lowest BCUT2D eigenvalue weighted by molar-refractivity contribution is -0.129. The molecule has 7 heteroatoms. The minimum absolute atomic E-state index is 0.0149. The number of thiophene rings is 1. The van der Waals surface area contributed by atoms with Gasteiger partial charge in [0.15, 0.2) is 0 Å². The zero-order chi connectivity index (χ0) is 27.6. The molecule has 5 rings (SSSR count). The average Bonchev–Trinajstić information content (AvgIpc) is 3.43. The van der Waals surface area contributed by atoms with Gasteiger partial charge in [-0.05, 0) is 84.9 Å². The van der Waals surface area contributed by atoms with Crippen LogP contribution >= 0.6 is 11.3 Å². The van der Waals surface area contributed by atoms with Crippen molar-refractivity contribution >= 4 is 28.8 Å². The minimum atomic E-state index is -0.380. The molecule has 2 heterocycles. The number of pyridine rings is 1. The number of hydrogen-bond acceptors (Lipinski definition) is 5. The standard InChI is InChI=1S/C32H40N4O2S/c1-31(2,3)30(38)36-25-11-5-21(6-12-25)17-28(37)35-26-18-27(23-13-16-39-20-23)29(34-19-26)22-7-9-24(10-8-22)32(33)14-4-15-32/h7-10,13,16,18-21,25H,4-6,11-12,14-15,17,33H2,1-3H3,(H,35,37)(H,36,38)/t21-,25-. The molecule has 0 atom stereocenters. The first-order valence-corrected chi connectivity index (χ1v) is 15.1. The van der Waals surface area contributed by atoms with Crippen LogP contribution in [0.5, 0.6) is 0 Å². The van der Waals surface area contributed by atoms with Gasteiger partial charge in [0.2, 0.25) is 11.8 Å². The smallest absolute Gasteiger partial charge is 0.225 e. The second-order valence-corrected chi connectivity index (χ2v) is 13.2. The molecule has 4 N–H and O–H groups in total. The van der Waals surface area contributed by atoms with E-state index >= 15 is 0 Å². The first kappa shape index (κ1) is 27.5. The number of carbonyl (C=O) groups excluding carboxylic acids is 2. The maximum Gasteiger partial charge on any atom is 0.225 e. The molecule has 0 saturated heterocycles. The molecule has 0 aliphatic heterocycles. The molecule has 0 spiro atoms. The summed E-state index contributed by atoms with van der Waals surface area (Å²) in [5.74, 6) is 0.441. The van der Waals surface area contributed by atoms with E-state index < -0.39 is 0 Å². The Morgan fingerprint density at radius 3 is 2.36 bits per heavy atom. The van der Waals surface area contributed by atoms with Crippen molar-refractivity contribution in [3.8, 4) is 22.4 Å². The summed E-state index contributed by atoms with van der Waals surface area (Å²) in [5.41, 5.74) is 11.9. The van der Waals surface area contributed by atoms with Crippen molar-refractivity contribution in [2.75, 3.05) is 5.32 Å². The Balaban J connectivity index is 1.23. The lowest BCUT2D eigenvalue weighted by atomic mass is 9.72. The molecule has 39 heavy (non-hydrogen) atoms. The summed E-state index contributed by atoms with van der Waals surface area (Å²) in [5, 5.41) is 10.4. The lowest BCUT2D eigenvalue weighted by Crippen LogP contribution is -2.43. The van der Waals surface area contributed by atoms with Crippen LogP contribution in [0.15, 0.2) is 53.4 Å². The second-order valence-electron chi connectivity index (χ2n) is 12.4. The molecule has 1 aromatic carbocycles. The summed E-state index contributed by atoms with van der Waals surface area (Å²) in [4.78, 5) is 30.1. The number of benzene rings is 1. The molecular formula is C32H40N4O2S. The van der Waals surface area contributed by atoms with Crippen molar-refractivity contribution in [3.63, 3.8) is 0 Å². The van der Waals surface area contributed by atoms with E-state index in [9.17, 15) is 9.59 Å². The Labute approximate surface area is 235 Å². The topological polar surface area (TPSA) is 97.1 Å². The van der Waals surface area contributed by atoms with Crippen molar-refractivity contribution in [3.05, 3.63) is 58.9 Å². The highest BCUT2D eigenvalue weighted by molar-refractivity contribution is 7.08. The molecule has 2 fully saturated rings. The average molecular weight is 545 g/mol. The predicted octanol–water partition coefficient (Wildman–Crippen LogP) is 6.86. The Morgan fingerprint density at radius 1 is 1.05 bits per heavy atom. The number of amides is 2. The quantitative estimate of drug-likeness (QED) is 0.302. The van der Waals surface area contributed by atoms with Crippen LogP contribution < -0.4 is 16.4 Å². The molecule has 2 amide bonds. The van der Waals surface area contributed by atoms with E-state index in [1.807, 2.05) is 26.8 Å². The van der Waals surface area contributed by atoms with E-state index in [1.54, 1.807) is 17.5 Å². The van der Waals surface area contributed by atoms with Gasteiger partial charge < -0.3 is 16.4 Å². The zero-order valence-corrected chi connectivity index (χ0v) is 24.1. The van der Waals surface area contributed by atoms with E-state index in [-0.39, 0.29) is 28.8 Å². The van der Waals surface area contributed by atoms with E-state index in [0.717, 1.165) is 60.9 Å². The molecule has 0 radical (unpaired) electrons. The van der Waals surface area contributed by atoms with Gasteiger partial charge in [-0.1, -0.05) is 45.0 Å². The van der Waals surface area contributed by atoms with Gasteiger partial charge in [-0.2, -0.15) is 11.3 Å². The Kier molecular flexibility index (Phi) is 7.92. The predicted molar refractivity (Wildman–Crippen MR) is 159 cm³/mol. The maximum absolute atomic E-state index is 13.0. The van der Waals surface area contributed by atoms with Gasteiger partial charge in [0.25, 0.3) is 0 Å². The fraction of sp³-hybridized carbons (Fsp3) is 0.469. The van der Waals surface area contributed by atoms with Gasteiger partial charge in [-0.25, -0.2) is 0 Å². The van der Waals surface area contributed by atoms with Crippen molar-refractivity contribution in [2.45, 2.75) is 83.7 Å². The van der Waals surface area contributed by atoms with Gasteiger partial charge >= 0.3 is 0 Å². The molecular weight excluding hydrogens is 504 g/mol. The Bertz CT molecular complexity index is 1300. The summed E-state index contributed by atoms with van der Waals surface area (Å²) >= 11 is 1.64. The number of carbonyl (C=O) groups is 2. The van der Waals surface area contributed by atoms with Crippen LogP contribution in [0.25, 0.3) is 22.4 Å². The van der Waals surface area contributed by atoms with Gasteiger partial charge in [-0.15, -0.1) is 0 Å². The number of anilines is 1. The lowest BCUT2D eigenvalue weighted by Gasteiger charge is -2.38. The highest BCUT2D eigenvalue weighted by Gasteiger charge is 2.34. The second kappa shape index (κ2) is 11.2. The molecule has 2 aliphatic carbocycles. The fourth-order valence-electron chi connectivity index (χ4n) is 5.59. The molecule has 3 aromatic rings. The van der Waals surface area contributed by atoms with Gasteiger partial charge in [0, 0.05) is 34.5 Å². The molecule has 2 saturated carbocycles. The number of rotatable bonds is 7. The number of aromatic nitrogens is 1. The van der Waals surface area contributed by atoms with Gasteiger partial charge in [0.1, 0.15) is 0 Å². The van der Waals surface area contributed by atoms with Gasteiger partial charge in [-0.3, -0.25) is 14.6 Å². The van der Waals surface area contributed by atoms with E-state index in [1.165, 1.54) is 12.0 Å². The Morgan fingerprint density at radius 2 is 1.77 bits per heavy atom. The SMILES string of the molecule is CC(C)(C)C(=O)N[C@H]1CC[C@H](CC(=O)Nc2cnc(-c3ccc(C4(N)CCC4)cc3)c(-c3ccsc3)c2)CC1. The molecule has 2 aromatic heterocycles.